The van der Waals surface area contributed by atoms with Crippen LogP contribution in [0, 0.1) is 0 Å². The molecule has 0 aliphatic carbocycles. The molecule has 1 aromatic heterocycles. The highest BCUT2D eigenvalue weighted by molar-refractivity contribution is 7.92. The molecule has 0 aliphatic heterocycles. The summed E-state index contributed by atoms with van der Waals surface area (Å²) in [5.41, 5.74) is -0.0946. The van der Waals surface area contributed by atoms with Gasteiger partial charge in [-0.2, -0.15) is 8.42 Å². The van der Waals surface area contributed by atoms with E-state index in [1.54, 1.807) is 0 Å². The molecule has 0 saturated heterocycles. The van der Waals surface area contributed by atoms with Gasteiger partial charge in [-0.3, -0.25) is 4.72 Å². The average Bonchev–Trinajstić information content (AvgIpc) is 2.85. The number of hydrogen-bond donors (Lipinski definition) is 3. The molecule has 0 bridgehead atoms. The SMILES string of the molecule is O=C(O)c1ccc(Cl)c(NS(=O)(=O)c2cnc[nH]2)c1. The molecule has 0 aliphatic rings. The molecule has 19 heavy (non-hydrogen) atoms. The van der Waals surface area contributed by atoms with Gasteiger partial charge in [0.05, 0.1) is 28.8 Å². The first-order valence-electron chi connectivity index (χ1n) is 4.94. The second-order valence-electron chi connectivity index (χ2n) is 3.52. The van der Waals surface area contributed by atoms with Crippen molar-refractivity contribution in [3.8, 4) is 0 Å². The molecule has 3 N–H and O–H groups in total. The van der Waals surface area contributed by atoms with Crippen molar-refractivity contribution in [2.45, 2.75) is 5.03 Å². The lowest BCUT2D eigenvalue weighted by Crippen LogP contribution is -2.14. The van der Waals surface area contributed by atoms with Crippen LogP contribution in [0.3, 0.4) is 0 Å². The highest BCUT2D eigenvalue weighted by Gasteiger charge is 2.18. The number of anilines is 1. The Morgan fingerprint density at radius 2 is 2.16 bits per heavy atom. The van der Waals surface area contributed by atoms with Gasteiger partial charge in [0.2, 0.25) is 0 Å². The van der Waals surface area contributed by atoms with Gasteiger partial charge in [-0.15, -0.1) is 0 Å². The lowest BCUT2D eigenvalue weighted by Gasteiger charge is -2.08. The van der Waals surface area contributed by atoms with Crippen molar-refractivity contribution in [2.75, 3.05) is 4.72 Å². The number of carboxylic acid groups (broad SMARTS) is 1. The van der Waals surface area contributed by atoms with Gasteiger partial charge in [-0.05, 0) is 18.2 Å². The lowest BCUT2D eigenvalue weighted by atomic mass is 10.2. The Labute approximate surface area is 113 Å². The fourth-order valence-corrected chi connectivity index (χ4v) is 2.52. The van der Waals surface area contributed by atoms with Crippen LogP contribution in [0.25, 0.3) is 0 Å². The summed E-state index contributed by atoms with van der Waals surface area (Å²) in [6, 6.07) is 3.72. The number of benzene rings is 1. The van der Waals surface area contributed by atoms with E-state index in [1.165, 1.54) is 18.5 Å². The summed E-state index contributed by atoms with van der Waals surface area (Å²) >= 11 is 5.82. The van der Waals surface area contributed by atoms with Crippen molar-refractivity contribution in [1.29, 1.82) is 0 Å². The molecular weight excluding hydrogens is 294 g/mol. The van der Waals surface area contributed by atoms with Gasteiger partial charge in [0.15, 0.2) is 5.03 Å². The molecule has 2 rings (SSSR count). The molecule has 1 aromatic carbocycles. The van der Waals surface area contributed by atoms with E-state index in [4.69, 9.17) is 16.7 Å². The second kappa shape index (κ2) is 4.90. The first-order valence-corrected chi connectivity index (χ1v) is 6.80. The van der Waals surface area contributed by atoms with Crippen molar-refractivity contribution >= 4 is 33.3 Å². The average molecular weight is 302 g/mol. The zero-order valence-corrected chi connectivity index (χ0v) is 10.9. The standard InChI is InChI=1S/C10H8ClN3O4S/c11-7-2-1-6(10(15)16)3-8(7)14-19(17,18)9-4-12-5-13-9/h1-5,14H,(H,12,13)(H,15,16). The number of hydrogen-bond acceptors (Lipinski definition) is 4. The fourth-order valence-electron chi connectivity index (χ4n) is 1.33. The summed E-state index contributed by atoms with van der Waals surface area (Å²) in [4.78, 5) is 16.9. The number of carboxylic acids is 1. The molecule has 0 saturated carbocycles. The van der Waals surface area contributed by atoms with E-state index in [1.807, 2.05) is 0 Å². The number of rotatable bonds is 4. The zero-order chi connectivity index (χ0) is 14.0. The fraction of sp³-hybridized carbons (Fsp3) is 0. The monoisotopic (exact) mass is 301 g/mol. The van der Waals surface area contributed by atoms with Gasteiger partial charge in [0.25, 0.3) is 10.0 Å². The van der Waals surface area contributed by atoms with Gasteiger partial charge in [-0.1, -0.05) is 11.6 Å². The molecule has 2 aromatic rings. The Morgan fingerprint density at radius 1 is 1.42 bits per heavy atom. The number of aromatic carboxylic acids is 1. The Kier molecular flexibility index (Phi) is 3.45. The minimum Gasteiger partial charge on any atom is -0.478 e. The predicted molar refractivity (Wildman–Crippen MR) is 67.8 cm³/mol. The maximum absolute atomic E-state index is 11.9. The van der Waals surface area contributed by atoms with Crippen LogP contribution in [-0.2, 0) is 10.0 Å². The molecule has 9 heteroatoms. The molecule has 0 atom stereocenters. The number of H-pyrrole nitrogens is 1. The summed E-state index contributed by atoms with van der Waals surface area (Å²) in [6.45, 7) is 0. The zero-order valence-electron chi connectivity index (χ0n) is 9.29. The summed E-state index contributed by atoms with van der Waals surface area (Å²) in [6.07, 6.45) is 2.33. The Hall–Kier alpha value is -2.06. The van der Waals surface area contributed by atoms with E-state index in [9.17, 15) is 13.2 Å². The minimum atomic E-state index is -3.88. The van der Waals surface area contributed by atoms with E-state index in [0.717, 1.165) is 12.3 Å². The molecule has 7 nitrogen and oxygen atoms in total. The number of imidazole rings is 1. The van der Waals surface area contributed by atoms with Crippen molar-refractivity contribution in [2.24, 2.45) is 0 Å². The van der Waals surface area contributed by atoms with Crippen LogP contribution in [0.1, 0.15) is 10.4 Å². The number of sulfonamides is 1. The number of nitrogens with one attached hydrogen (secondary N) is 2. The van der Waals surface area contributed by atoms with Crippen molar-refractivity contribution < 1.29 is 18.3 Å². The lowest BCUT2D eigenvalue weighted by molar-refractivity contribution is 0.0697. The van der Waals surface area contributed by atoms with Gasteiger partial charge in [-0.25, -0.2) is 9.78 Å². The summed E-state index contributed by atoms with van der Waals surface area (Å²) < 4.78 is 26.0. The smallest absolute Gasteiger partial charge is 0.335 e. The van der Waals surface area contributed by atoms with E-state index in [0.29, 0.717) is 0 Å². The molecule has 0 radical (unpaired) electrons. The van der Waals surface area contributed by atoms with Gasteiger partial charge in [0, 0.05) is 0 Å². The van der Waals surface area contributed by atoms with E-state index >= 15 is 0 Å². The van der Waals surface area contributed by atoms with Crippen LogP contribution in [0.5, 0.6) is 0 Å². The summed E-state index contributed by atoms with van der Waals surface area (Å²) in [5.74, 6) is -1.18. The van der Waals surface area contributed by atoms with Crippen LogP contribution in [0.2, 0.25) is 5.02 Å². The van der Waals surface area contributed by atoms with Crippen LogP contribution >= 0.6 is 11.6 Å². The van der Waals surface area contributed by atoms with Crippen LogP contribution in [-0.4, -0.2) is 29.5 Å². The van der Waals surface area contributed by atoms with Crippen molar-refractivity contribution in [1.82, 2.24) is 9.97 Å². The number of aromatic amines is 1. The third kappa shape index (κ3) is 2.85. The highest BCUT2D eigenvalue weighted by Crippen LogP contribution is 2.25. The van der Waals surface area contributed by atoms with Crippen LogP contribution in [0.15, 0.2) is 35.7 Å². The number of aromatic nitrogens is 2. The normalized spacial score (nSPS) is 11.2. The van der Waals surface area contributed by atoms with Crippen LogP contribution < -0.4 is 4.72 Å². The van der Waals surface area contributed by atoms with Crippen LogP contribution in [0.4, 0.5) is 5.69 Å². The van der Waals surface area contributed by atoms with Crippen molar-refractivity contribution in [3.63, 3.8) is 0 Å². The first-order chi connectivity index (χ1) is 8.90. The highest BCUT2D eigenvalue weighted by atomic mass is 35.5. The molecular formula is C10H8ClN3O4S. The predicted octanol–water partition coefficient (Wildman–Crippen LogP) is 1.56. The molecule has 0 unspecified atom stereocenters. The molecule has 0 fully saturated rings. The first kappa shape index (κ1) is 13.4. The Balaban J connectivity index is 2.39. The maximum atomic E-state index is 11.9. The number of halogens is 1. The maximum Gasteiger partial charge on any atom is 0.335 e. The molecule has 1 heterocycles. The largest absolute Gasteiger partial charge is 0.478 e. The van der Waals surface area contributed by atoms with Gasteiger partial charge in [0.1, 0.15) is 0 Å². The summed E-state index contributed by atoms with van der Waals surface area (Å²) in [5, 5.41) is 8.79. The Bertz CT molecular complexity index is 712. The minimum absolute atomic E-state index is 0.0174. The number of carbonyl (C=O) groups is 1. The second-order valence-corrected chi connectivity index (χ2v) is 5.58. The topological polar surface area (TPSA) is 112 Å². The number of nitrogens with zero attached hydrogens (tertiary/aromatic N) is 1. The van der Waals surface area contributed by atoms with Gasteiger partial charge >= 0.3 is 5.97 Å². The van der Waals surface area contributed by atoms with E-state index in [2.05, 4.69) is 14.7 Å². The van der Waals surface area contributed by atoms with Crippen molar-refractivity contribution in [3.05, 3.63) is 41.3 Å². The summed E-state index contributed by atoms with van der Waals surface area (Å²) in [7, 11) is -3.88. The molecule has 0 amide bonds. The molecule has 0 spiro atoms. The van der Waals surface area contributed by atoms with E-state index < -0.39 is 16.0 Å². The van der Waals surface area contributed by atoms with Gasteiger partial charge < -0.3 is 10.1 Å². The van der Waals surface area contributed by atoms with E-state index in [-0.39, 0.29) is 21.3 Å². The third-order valence-electron chi connectivity index (χ3n) is 2.22. The quantitative estimate of drug-likeness (QED) is 0.793. The molecule has 100 valence electrons. The Morgan fingerprint density at radius 3 is 2.74 bits per heavy atom. The third-order valence-corrected chi connectivity index (χ3v) is 3.84.